The second kappa shape index (κ2) is 5.95. The number of carboxylic acids is 1. The Morgan fingerprint density at radius 3 is 2.70 bits per heavy atom. The lowest BCUT2D eigenvalue weighted by molar-refractivity contribution is -0.137. The van der Waals surface area contributed by atoms with Crippen molar-refractivity contribution >= 4 is 28.6 Å². The fourth-order valence-electron chi connectivity index (χ4n) is 0.679. The van der Waals surface area contributed by atoms with Gasteiger partial charge in [-0.2, -0.15) is 0 Å². The van der Waals surface area contributed by atoms with Crippen molar-refractivity contribution in [3.63, 3.8) is 0 Å². The summed E-state index contributed by atoms with van der Waals surface area (Å²) in [4.78, 5) is 10.1. The average molecular weight is 256 g/mol. The zero-order valence-corrected chi connectivity index (χ0v) is 8.30. The van der Waals surface area contributed by atoms with Crippen molar-refractivity contribution in [2.45, 2.75) is 26.2 Å². The highest BCUT2D eigenvalue weighted by Gasteiger charge is 2.01. The first kappa shape index (κ1) is 10.2. The van der Waals surface area contributed by atoms with Crippen LogP contribution in [0.15, 0.2) is 0 Å². The van der Waals surface area contributed by atoms with E-state index in [1.807, 2.05) is 0 Å². The number of rotatable bonds is 5. The zero-order valence-electron chi connectivity index (χ0n) is 6.14. The van der Waals surface area contributed by atoms with E-state index >= 15 is 0 Å². The number of carboxylic acid groups (broad SMARTS) is 1. The molecule has 0 saturated carbocycles. The smallest absolute Gasteiger partial charge is 0.303 e. The van der Waals surface area contributed by atoms with Crippen molar-refractivity contribution in [2.24, 2.45) is 5.92 Å². The van der Waals surface area contributed by atoms with E-state index < -0.39 is 5.97 Å². The van der Waals surface area contributed by atoms with Crippen molar-refractivity contribution < 1.29 is 9.90 Å². The molecule has 1 N–H and O–H groups in total. The van der Waals surface area contributed by atoms with Crippen LogP contribution in [0.5, 0.6) is 0 Å². The van der Waals surface area contributed by atoms with Crippen LogP contribution in [-0.2, 0) is 4.79 Å². The van der Waals surface area contributed by atoms with Gasteiger partial charge in [-0.3, -0.25) is 4.79 Å². The summed E-state index contributed by atoms with van der Waals surface area (Å²) in [6, 6.07) is 0. The van der Waals surface area contributed by atoms with Crippen LogP contribution in [0.2, 0.25) is 0 Å². The summed E-state index contributed by atoms with van der Waals surface area (Å²) in [6.45, 7) is 2.15. The van der Waals surface area contributed by atoms with Crippen LogP contribution in [-0.4, -0.2) is 15.5 Å². The van der Waals surface area contributed by atoms with E-state index in [0.717, 1.165) is 17.3 Å². The predicted molar refractivity (Wildman–Crippen MR) is 49.5 cm³/mol. The molecule has 2 nitrogen and oxygen atoms in total. The molecule has 60 valence electrons. The standard InChI is InChI=1S/C7H13IO2/c1-6(5-8)3-2-4-7(9)10/h6H,2-5H2,1H3,(H,9,10). The molecule has 0 rings (SSSR count). The van der Waals surface area contributed by atoms with Gasteiger partial charge in [-0.15, -0.1) is 0 Å². The van der Waals surface area contributed by atoms with Gasteiger partial charge < -0.3 is 5.11 Å². The maximum Gasteiger partial charge on any atom is 0.303 e. The number of hydrogen-bond acceptors (Lipinski definition) is 1. The Bertz CT molecular complexity index is 104. The van der Waals surface area contributed by atoms with Gasteiger partial charge in [0.15, 0.2) is 0 Å². The van der Waals surface area contributed by atoms with Crippen molar-refractivity contribution in [3.05, 3.63) is 0 Å². The second-order valence-corrected chi connectivity index (χ2v) is 3.43. The third kappa shape index (κ3) is 6.32. The average Bonchev–Trinajstić information content (AvgIpc) is 1.87. The molecule has 0 bridgehead atoms. The minimum Gasteiger partial charge on any atom is -0.481 e. The fraction of sp³-hybridized carbons (Fsp3) is 0.857. The van der Waals surface area contributed by atoms with Crippen LogP contribution >= 0.6 is 22.6 Å². The molecule has 0 aliphatic rings. The van der Waals surface area contributed by atoms with Gasteiger partial charge in [-0.1, -0.05) is 29.5 Å². The summed E-state index contributed by atoms with van der Waals surface area (Å²) >= 11 is 2.32. The Balaban J connectivity index is 3.11. The molecule has 0 aliphatic carbocycles. The topological polar surface area (TPSA) is 37.3 Å². The third-order valence-corrected chi connectivity index (χ3v) is 2.85. The molecule has 0 aromatic rings. The molecule has 0 aromatic heterocycles. The molecule has 0 aliphatic heterocycles. The Morgan fingerprint density at radius 1 is 1.70 bits per heavy atom. The lowest BCUT2D eigenvalue weighted by atomic mass is 10.1. The first-order chi connectivity index (χ1) is 4.66. The third-order valence-electron chi connectivity index (χ3n) is 1.35. The van der Waals surface area contributed by atoms with Gasteiger partial charge in [0.1, 0.15) is 0 Å². The molecular formula is C7H13IO2. The normalized spacial score (nSPS) is 13.0. The highest BCUT2D eigenvalue weighted by atomic mass is 127. The van der Waals surface area contributed by atoms with Crippen LogP contribution in [0.25, 0.3) is 0 Å². The van der Waals surface area contributed by atoms with Gasteiger partial charge in [0.05, 0.1) is 0 Å². The summed E-state index contributed by atoms with van der Waals surface area (Å²) in [7, 11) is 0. The molecule has 1 unspecified atom stereocenters. The summed E-state index contributed by atoms with van der Waals surface area (Å²) in [5.41, 5.74) is 0. The van der Waals surface area contributed by atoms with E-state index in [2.05, 4.69) is 29.5 Å². The van der Waals surface area contributed by atoms with Gasteiger partial charge >= 0.3 is 5.97 Å². The molecule has 0 saturated heterocycles. The van der Waals surface area contributed by atoms with E-state index in [1.54, 1.807) is 0 Å². The Labute approximate surface area is 75.1 Å². The Kier molecular flexibility index (Phi) is 6.06. The monoisotopic (exact) mass is 256 g/mol. The maximum atomic E-state index is 10.1. The van der Waals surface area contributed by atoms with Gasteiger partial charge in [-0.25, -0.2) is 0 Å². The van der Waals surface area contributed by atoms with Gasteiger partial charge in [-0.05, 0) is 18.8 Å². The number of hydrogen-bond donors (Lipinski definition) is 1. The van der Waals surface area contributed by atoms with E-state index in [4.69, 9.17) is 5.11 Å². The molecule has 1 atom stereocenters. The number of carbonyl (C=O) groups is 1. The number of alkyl halides is 1. The molecule has 0 fully saturated rings. The van der Waals surface area contributed by atoms with Crippen LogP contribution in [0.3, 0.4) is 0 Å². The van der Waals surface area contributed by atoms with Crippen LogP contribution in [0.1, 0.15) is 26.2 Å². The zero-order chi connectivity index (χ0) is 7.98. The highest BCUT2D eigenvalue weighted by Crippen LogP contribution is 2.09. The number of aliphatic carboxylic acids is 1. The quantitative estimate of drug-likeness (QED) is 0.605. The molecule has 10 heavy (non-hydrogen) atoms. The van der Waals surface area contributed by atoms with Crippen LogP contribution < -0.4 is 0 Å². The van der Waals surface area contributed by atoms with Gasteiger partial charge in [0, 0.05) is 10.8 Å². The largest absolute Gasteiger partial charge is 0.481 e. The van der Waals surface area contributed by atoms with Crippen LogP contribution in [0.4, 0.5) is 0 Å². The van der Waals surface area contributed by atoms with E-state index in [9.17, 15) is 4.79 Å². The minimum atomic E-state index is -0.680. The van der Waals surface area contributed by atoms with Crippen molar-refractivity contribution in [1.29, 1.82) is 0 Å². The Hall–Kier alpha value is 0.200. The summed E-state index contributed by atoms with van der Waals surface area (Å²) < 4.78 is 1.12. The molecule has 0 aromatic carbocycles. The van der Waals surface area contributed by atoms with Crippen molar-refractivity contribution in [2.75, 3.05) is 4.43 Å². The lowest BCUT2D eigenvalue weighted by Gasteiger charge is -2.03. The second-order valence-electron chi connectivity index (χ2n) is 2.55. The maximum absolute atomic E-state index is 10.1. The first-order valence-corrected chi connectivity index (χ1v) is 4.97. The predicted octanol–water partition coefficient (Wildman–Crippen LogP) is 2.31. The summed E-state index contributed by atoms with van der Waals surface area (Å²) in [5, 5.41) is 8.30. The first-order valence-electron chi connectivity index (χ1n) is 3.44. The SMILES string of the molecule is CC(CI)CCCC(=O)O. The van der Waals surface area contributed by atoms with E-state index in [0.29, 0.717) is 12.3 Å². The van der Waals surface area contributed by atoms with Gasteiger partial charge in [0.2, 0.25) is 0 Å². The highest BCUT2D eigenvalue weighted by molar-refractivity contribution is 14.1. The molecule has 0 heterocycles. The van der Waals surface area contributed by atoms with Crippen molar-refractivity contribution in [1.82, 2.24) is 0 Å². The summed E-state index contributed by atoms with van der Waals surface area (Å²) in [5.74, 6) is -0.0133. The summed E-state index contributed by atoms with van der Waals surface area (Å²) in [6.07, 6.45) is 2.18. The molecule has 0 spiro atoms. The van der Waals surface area contributed by atoms with E-state index in [1.165, 1.54) is 0 Å². The molecule has 3 heteroatoms. The van der Waals surface area contributed by atoms with Crippen LogP contribution in [0, 0.1) is 5.92 Å². The number of halogens is 1. The Morgan fingerprint density at radius 2 is 2.30 bits per heavy atom. The molecule has 0 amide bonds. The lowest BCUT2D eigenvalue weighted by Crippen LogP contribution is -1.99. The minimum absolute atomic E-state index is 0.320. The molecule has 0 radical (unpaired) electrons. The molecular weight excluding hydrogens is 243 g/mol. The van der Waals surface area contributed by atoms with Gasteiger partial charge in [0.25, 0.3) is 0 Å². The van der Waals surface area contributed by atoms with E-state index in [-0.39, 0.29) is 0 Å². The fourth-order valence-corrected chi connectivity index (χ4v) is 1.12. The van der Waals surface area contributed by atoms with Crippen molar-refractivity contribution in [3.8, 4) is 0 Å².